The van der Waals surface area contributed by atoms with E-state index in [1.165, 1.54) is 36.8 Å². The molecule has 1 aliphatic rings. The van der Waals surface area contributed by atoms with Gasteiger partial charge in [0.25, 0.3) is 0 Å². The lowest BCUT2D eigenvalue weighted by Gasteiger charge is -2.15. The first-order valence-electron chi connectivity index (χ1n) is 6.63. The molecule has 1 aromatic carbocycles. The van der Waals surface area contributed by atoms with Crippen molar-refractivity contribution < 1.29 is 4.79 Å². The summed E-state index contributed by atoms with van der Waals surface area (Å²) in [6.07, 6.45) is 5.70. The van der Waals surface area contributed by atoms with Crippen molar-refractivity contribution >= 4 is 17.2 Å². The molecule has 0 spiro atoms. The highest BCUT2D eigenvalue weighted by Crippen LogP contribution is 2.17. The van der Waals surface area contributed by atoms with E-state index in [0.29, 0.717) is 0 Å². The summed E-state index contributed by atoms with van der Waals surface area (Å²) >= 11 is 0. The Hall–Kier alpha value is -1.61. The molecule has 3 nitrogen and oxygen atoms in total. The molecular formula is C15H18N2O. The van der Waals surface area contributed by atoms with E-state index in [0.717, 1.165) is 24.9 Å². The lowest BCUT2D eigenvalue weighted by molar-refractivity contribution is 0.112. The van der Waals surface area contributed by atoms with Gasteiger partial charge in [-0.1, -0.05) is 12.1 Å². The molecule has 3 heteroatoms. The zero-order chi connectivity index (χ0) is 12.4. The first-order chi connectivity index (χ1) is 8.86. The summed E-state index contributed by atoms with van der Waals surface area (Å²) in [6, 6.07) is 7.99. The molecule has 0 radical (unpaired) electrons. The lowest BCUT2D eigenvalue weighted by Crippen LogP contribution is -2.23. The molecule has 1 aromatic heterocycles. The summed E-state index contributed by atoms with van der Waals surface area (Å²) in [7, 11) is 0. The highest BCUT2D eigenvalue weighted by Gasteiger charge is 2.11. The van der Waals surface area contributed by atoms with Crippen molar-refractivity contribution in [2.45, 2.75) is 19.4 Å². The van der Waals surface area contributed by atoms with Crippen molar-refractivity contribution in [3.63, 3.8) is 0 Å². The van der Waals surface area contributed by atoms with Gasteiger partial charge in [0.05, 0.1) is 0 Å². The van der Waals surface area contributed by atoms with Crippen molar-refractivity contribution in [2.24, 2.45) is 0 Å². The van der Waals surface area contributed by atoms with Crippen LogP contribution in [0.25, 0.3) is 10.9 Å². The number of hydrogen-bond donors (Lipinski definition) is 0. The molecule has 0 N–H and O–H groups in total. The minimum absolute atomic E-state index is 0.753. The first kappa shape index (κ1) is 11.5. The Morgan fingerprint density at radius 1 is 1.11 bits per heavy atom. The topological polar surface area (TPSA) is 25.2 Å². The van der Waals surface area contributed by atoms with Crippen LogP contribution in [0, 0.1) is 0 Å². The Balaban J connectivity index is 1.80. The van der Waals surface area contributed by atoms with Gasteiger partial charge in [0, 0.05) is 30.4 Å². The number of carbonyl (C=O) groups excluding carboxylic acids is 1. The third-order valence-electron chi connectivity index (χ3n) is 3.79. The number of hydrogen-bond acceptors (Lipinski definition) is 2. The maximum atomic E-state index is 10.8. The number of carbonyl (C=O) groups is 1. The fourth-order valence-electron chi connectivity index (χ4n) is 2.72. The second-order valence-electron chi connectivity index (χ2n) is 4.99. The first-order valence-corrected chi connectivity index (χ1v) is 6.63. The number of aldehydes is 1. The predicted octanol–water partition coefficient (Wildman–Crippen LogP) is 2.55. The minimum Gasteiger partial charge on any atom is -0.346 e. The molecule has 94 valence electrons. The van der Waals surface area contributed by atoms with E-state index in [9.17, 15) is 4.79 Å². The zero-order valence-electron chi connectivity index (χ0n) is 10.5. The Bertz CT molecular complexity index is 553. The monoisotopic (exact) mass is 242 g/mol. The summed E-state index contributed by atoms with van der Waals surface area (Å²) < 4.78 is 2.25. The second-order valence-corrected chi connectivity index (χ2v) is 4.99. The number of fused-ring (bicyclic) bond motifs is 1. The van der Waals surface area contributed by atoms with Crippen molar-refractivity contribution in [2.75, 3.05) is 19.6 Å². The summed E-state index contributed by atoms with van der Waals surface area (Å²) in [6.45, 7) is 4.58. The number of benzene rings is 1. The van der Waals surface area contributed by atoms with Gasteiger partial charge in [-0.25, -0.2) is 0 Å². The third-order valence-corrected chi connectivity index (χ3v) is 3.79. The second kappa shape index (κ2) is 4.94. The van der Waals surface area contributed by atoms with Crippen molar-refractivity contribution in [3.05, 3.63) is 36.0 Å². The van der Waals surface area contributed by atoms with Gasteiger partial charge in [-0.3, -0.25) is 4.79 Å². The highest BCUT2D eigenvalue weighted by atomic mass is 16.1. The van der Waals surface area contributed by atoms with Crippen LogP contribution in [0.3, 0.4) is 0 Å². The third kappa shape index (κ3) is 2.18. The summed E-state index contributed by atoms with van der Waals surface area (Å²) in [5, 5.41) is 1.21. The molecule has 0 amide bonds. The van der Waals surface area contributed by atoms with E-state index in [1.807, 2.05) is 18.2 Å². The van der Waals surface area contributed by atoms with Gasteiger partial charge in [0.1, 0.15) is 6.29 Å². The van der Waals surface area contributed by atoms with Gasteiger partial charge in [-0.2, -0.15) is 0 Å². The maximum absolute atomic E-state index is 10.8. The quantitative estimate of drug-likeness (QED) is 0.770. The number of likely N-dealkylation sites (tertiary alicyclic amines) is 1. The minimum atomic E-state index is 0.753. The molecule has 0 unspecified atom stereocenters. The normalized spacial score (nSPS) is 16.4. The van der Waals surface area contributed by atoms with E-state index in [1.54, 1.807) is 0 Å². The van der Waals surface area contributed by atoms with Crippen molar-refractivity contribution in [1.29, 1.82) is 0 Å². The molecular weight excluding hydrogens is 224 g/mol. The van der Waals surface area contributed by atoms with Crippen LogP contribution in [-0.4, -0.2) is 35.4 Å². The molecule has 1 aliphatic heterocycles. The van der Waals surface area contributed by atoms with Crippen LogP contribution in [0.4, 0.5) is 0 Å². The van der Waals surface area contributed by atoms with E-state index >= 15 is 0 Å². The Morgan fingerprint density at radius 3 is 2.72 bits per heavy atom. The Morgan fingerprint density at radius 2 is 1.94 bits per heavy atom. The predicted molar refractivity (Wildman–Crippen MR) is 73.0 cm³/mol. The van der Waals surface area contributed by atoms with Crippen LogP contribution in [0.1, 0.15) is 23.2 Å². The molecule has 1 fully saturated rings. The van der Waals surface area contributed by atoms with E-state index in [4.69, 9.17) is 0 Å². The lowest BCUT2D eigenvalue weighted by atomic mass is 10.2. The van der Waals surface area contributed by atoms with E-state index < -0.39 is 0 Å². The average molecular weight is 242 g/mol. The molecule has 18 heavy (non-hydrogen) atoms. The fraction of sp³-hybridized carbons (Fsp3) is 0.400. The van der Waals surface area contributed by atoms with Crippen molar-refractivity contribution in [1.82, 2.24) is 9.47 Å². The van der Waals surface area contributed by atoms with E-state index in [2.05, 4.69) is 21.7 Å². The van der Waals surface area contributed by atoms with Gasteiger partial charge in [0.2, 0.25) is 0 Å². The van der Waals surface area contributed by atoms with Crippen LogP contribution < -0.4 is 0 Å². The van der Waals surface area contributed by atoms with Gasteiger partial charge >= 0.3 is 0 Å². The molecule has 0 bridgehead atoms. The Labute approximate surface area is 107 Å². The SMILES string of the molecule is O=Cc1ccc2ccn(CCN3CCCC3)c2c1. The number of rotatable bonds is 4. The van der Waals surface area contributed by atoms with Gasteiger partial charge in [-0.05, 0) is 43.5 Å². The summed E-state index contributed by atoms with van der Waals surface area (Å²) in [4.78, 5) is 13.3. The molecule has 0 saturated carbocycles. The highest BCUT2D eigenvalue weighted by molar-refractivity contribution is 5.87. The van der Waals surface area contributed by atoms with Crippen LogP contribution in [-0.2, 0) is 6.54 Å². The van der Waals surface area contributed by atoms with Crippen LogP contribution in [0.2, 0.25) is 0 Å². The molecule has 3 rings (SSSR count). The van der Waals surface area contributed by atoms with Crippen LogP contribution in [0.15, 0.2) is 30.5 Å². The molecule has 0 aliphatic carbocycles. The van der Waals surface area contributed by atoms with Gasteiger partial charge in [-0.15, -0.1) is 0 Å². The number of nitrogens with zero attached hydrogens (tertiary/aromatic N) is 2. The largest absolute Gasteiger partial charge is 0.346 e. The molecule has 2 aromatic rings. The smallest absolute Gasteiger partial charge is 0.150 e. The fourth-order valence-corrected chi connectivity index (χ4v) is 2.72. The van der Waals surface area contributed by atoms with Crippen LogP contribution in [0.5, 0.6) is 0 Å². The zero-order valence-corrected chi connectivity index (χ0v) is 10.5. The van der Waals surface area contributed by atoms with Crippen LogP contribution >= 0.6 is 0 Å². The average Bonchev–Trinajstić information content (AvgIpc) is 3.05. The number of aromatic nitrogens is 1. The van der Waals surface area contributed by atoms with Gasteiger partial charge < -0.3 is 9.47 Å². The van der Waals surface area contributed by atoms with Crippen molar-refractivity contribution in [3.8, 4) is 0 Å². The van der Waals surface area contributed by atoms with Gasteiger partial charge in [0.15, 0.2) is 0 Å². The summed E-state index contributed by atoms with van der Waals surface area (Å²) in [5.74, 6) is 0. The van der Waals surface area contributed by atoms with E-state index in [-0.39, 0.29) is 0 Å². The molecule has 1 saturated heterocycles. The molecule has 0 atom stereocenters. The Kier molecular flexibility index (Phi) is 3.15. The summed E-state index contributed by atoms with van der Waals surface area (Å²) in [5.41, 5.74) is 1.92. The molecule has 2 heterocycles. The maximum Gasteiger partial charge on any atom is 0.150 e. The standard InChI is InChI=1S/C15H18N2O/c18-12-13-3-4-14-5-8-17(15(14)11-13)10-9-16-6-1-2-7-16/h3-5,8,11-12H,1-2,6-7,9-10H2.